The highest BCUT2D eigenvalue weighted by Gasteiger charge is 2.17. The van der Waals surface area contributed by atoms with Gasteiger partial charge >= 0.3 is 0 Å². The third-order valence-corrected chi connectivity index (χ3v) is 3.06. The summed E-state index contributed by atoms with van der Waals surface area (Å²) in [5, 5.41) is 0. The largest absolute Gasteiger partial charge is 0.340 e. The Morgan fingerprint density at radius 1 is 1.44 bits per heavy atom. The van der Waals surface area contributed by atoms with Gasteiger partial charge < -0.3 is 10.6 Å². The van der Waals surface area contributed by atoms with Gasteiger partial charge in [-0.15, -0.1) is 0 Å². The molecule has 3 heteroatoms. The SMILES string of the molecule is CCCC[C@H](N)C(=O)N(C)Cc1cccc(C)c1. The molecule has 1 rings (SSSR count). The van der Waals surface area contributed by atoms with E-state index in [0.29, 0.717) is 6.54 Å². The van der Waals surface area contributed by atoms with Crippen LogP contribution >= 0.6 is 0 Å². The molecule has 1 aromatic carbocycles. The summed E-state index contributed by atoms with van der Waals surface area (Å²) in [4.78, 5) is 13.8. The lowest BCUT2D eigenvalue weighted by molar-refractivity contribution is -0.132. The van der Waals surface area contributed by atoms with Crippen LogP contribution in [0.25, 0.3) is 0 Å². The van der Waals surface area contributed by atoms with Crippen molar-refractivity contribution in [2.75, 3.05) is 7.05 Å². The molecule has 0 aliphatic carbocycles. The molecule has 0 spiro atoms. The Morgan fingerprint density at radius 3 is 2.78 bits per heavy atom. The van der Waals surface area contributed by atoms with Crippen LogP contribution < -0.4 is 5.73 Å². The number of hydrogen-bond acceptors (Lipinski definition) is 2. The maximum atomic E-state index is 12.0. The molecule has 0 saturated carbocycles. The van der Waals surface area contributed by atoms with Gasteiger partial charge in [-0.05, 0) is 18.9 Å². The fraction of sp³-hybridized carbons (Fsp3) is 0.533. The molecule has 0 unspecified atom stereocenters. The second-order valence-corrected chi connectivity index (χ2v) is 4.93. The second-order valence-electron chi connectivity index (χ2n) is 4.93. The minimum atomic E-state index is -0.361. The molecule has 0 fully saturated rings. The maximum absolute atomic E-state index is 12.0. The van der Waals surface area contributed by atoms with Crippen LogP contribution in [-0.2, 0) is 11.3 Å². The van der Waals surface area contributed by atoms with Gasteiger partial charge in [0.05, 0.1) is 6.04 Å². The Morgan fingerprint density at radius 2 is 2.17 bits per heavy atom. The van der Waals surface area contributed by atoms with Crippen LogP contribution in [-0.4, -0.2) is 23.9 Å². The molecule has 0 aliphatic heterocycles. The average molecular weight is 248 g/mol. The number of nitrogens with zero attached hydrogens (tertiary/aromatic N) is 1. The lowest BCUT2D eigenvalue weighted by Crippen LogP contribution is -2.41. The number of carbonyl (C=O) groups excluding carboxylic acids is 1. The highest BCUT2D eigenvalue weighted by Crippen LogP contribution is 2.08. The van der Waals surface area contributed by atoms with E-state index < -0.39 is 0 Å². The van der Waals surface area contributed by atoms with Gasteiger partial charge in [-0.2, -0.15) is 0 Å². The standard InChI is InChI=1S/C15H24N2O/c1-4-5-9-14(16)15(18)17(3)11-13-8-6-7-12(2)10-13/h6-8,10,14H,4-5,9,11,16H2,1-3H3/t14-/m0/s1. The maximum Gasteiger partial charge on any atom is 0.239 e. The Balaban J connectivity index is 2.54. The molecule has 1 aromatic rings. The zero-order valence-electron chi connectivity index (χ0n) is 11.6. The van der Waals surface area contributed by atoms with Crippen LogP contribution in [0.3, 0.4) is 0 Å². The molecular formula is C15H24N2O. The number of unbranched alkanes of at least 4 members (excludes halogenated alkanes) is 1. The first kappa shape index (κ1) is 14.7. The number of aryl methyl sites for hydroxylation is 1. The molecule has 18 heavy (non-hydrogen) atoms. The van der Waals surface area contributed by atoms with E-state index >= 15 is 0 Å². The predicted molar refractivity (Wildman–Crippen MR) is 75.2 cm³/mol. The zero-order valence-corrected chi connectivity index (χ0v) is 11.6. The summed E-state index contributed by atoms with van der Waals surface area (Å²) in [5.74, 6) is 0.0324. The fourth-order valence-electron chi connectivity index (χ4n) is 1.99. The summed E-state index contributed by atoms with van der Waals surface area (Å²) in [6.45, 7) is 4.78. The highest BCUT2D eigenvalue weighted by molar-refractivity contribution is 5.81. The van der Waals surface area contributed by atoms with Crippen LogP contribution in [0.1, 0.15) is 37.3 Å². The van der Waals surface area contributed by atoms with Crippen LogP contribution in [0.4, 0.5) is 0 Å². The molecule has 100 valence electrons. The Bertz CT molecular complexity index is 390. The van der Waals surface area contributed by atoms with Crippen LogP contribution in [0.15, 0.2) is 24.3 Å². The molecule has 0 bridgehead atoms. The third-order valence-electron chi connectivity index (χ3n) is 3.06. The number of likely N-dealkylation sites (N-methyl/N-ethyl adjacent to an activating group) is 1. The molecule has 1 atom stereocenters. The van der Waals surface area contributed by atoms with E-state index in [-0.39, 0.29) is 11.9 Å². The zero-order chi connectivity index (χ0) is 13.5. The van der Waals surface area contributed by atoms with Crippen molar-refractivity contribution in [1.82, 2.24) is 4.90 Å². The summed E-state index contributed by atoms with van der Waals surface area (Å²) in [5.41, 5.74) is 8.26. The summed E-state index contributed by atoms with van der Waals surface area (Å²) in [7, 11) is 1.82. The summed E-state index contributed by atoms with van der Waals surface area (Å²) in [6.07, 6.45) is 2.85. The number of benzene rings is 1. The number of nitrogens with two attached hydrogens (primary N) is 1. The van der Waals surface area contributed by atoms with E-state index in [1.165, 1.54) is 5.56 Å². The average Bonchev–Trinajstić information content (AvgIpc) is 2.35. The van der Waals surface area contributed by atoms with Gasteiger partial charge in [-0.1, -0.05) is 49.6 Å². The lowest BCUT2D eigenvalue weighted by atomic mass is 10.1. The Kier molecular flexibility index (Phi) is 5.86. The number of rotatable bonds is 6. The van der Waals surface area contributed by atoms with Crippen molar-refractivity contribution in [3.8, 4) is 0 Å². The summed E-state index contributed by atoms with van der Waals surface area (Å²) in [6, 6.07) is 7.84. The van der Waals surface area contributed by atoms with Crippen molar-refractivity contribution in [2.45, 2.75) is 45.7 Å². The van der Waals surface area contributed by atoms with Gasteiger partial charge in [0, 0.05) is 13.6 Å². The number of carbonyl (C=O) groups is 1. The quantitative estimate of drug-likeness (QED) is 0.840. The van der Waals surface area contributed by atoms with Gasteiger partial charge in [0.1, 0.15) is 0 Å². The smallest absolute Gasteiger partial charge is 0.239 e. The second kappa shape index (κ2) is 7.17. The van der Waals surface area contributed by atoms with Gasteiger partial charge in [-0.3, -0.25) is 4.79 Å². The normalized spacial score (nSPS) is 12.2. The first-order valence-electron chi connectivity index (χ1n) is 6.60. The molecular weight excluding hydrogens is 224 g/mol. The van der Waals surface area contributed by atoms with Gasteiger partial charge in [0.15, 0.2) is 0 Å². The Hall–Kier alpha value is -1.35. The monoisotopic (exact) mass is 248 g/mol. The highest BCUT2D eigenvalue weighted by atomic mass is 16.2. The predicted octanol–water partition coefficient (Wildman–Crippen LogP) is 2.47. The summed E-state index contributed by atoms with van der Waals surface area (Å²) < 4.78 is 0. The van der Waals surface area contributed by atoms with E-state index in [1.807, 2.05) is 19.2 Å². The first-order valence-corrected chi connectivity index (χ1v) is 6.60. The van der Waals surface area contributed by atoms with Crippen LogP contribution in [0.5, 0.6) is 0 Å². The number of hydrogen-bond donors (Lipinski definition) is 1. The molecule has 0 saturated heterocycles. The minimum Gasteiger partial charge on any atom is -0.340 e. The van der Waals surface area contributed by atoms with Crippen molar-refractivity contribution in [3.05, 3.63) is 35.4 Å². The van der Waals surface area contributed by atoms with Gasteiger partial charge in [0.25, 0.3) is 0 Å². The van der Waals surface area contributed by atoms with E-state index in [1.54, 1.807) is 4.90 Å². The molecule has 0 heterocycles. The van der Waals surface area contributed by atoms with Crippen LogP contribution in [0.2, 0.25) is 0 Å². The van der Waals surface area contributed by atoms with Crippen molar-refractivity contribution >= 4 is 5.91 Å². The van der Waals surface area contributed by atoms with Crippen molar-refractivity contribution in [2.24, 2.45) is 5.73 Å². The number of amides is 1. The van der Waals surface area contributed by atoms with Gasteiger partial charge in [0.2, 0.25) is 5.91 Å². The topological polar surface area (TPSA) is 46.3 Å². The molecule has 2 N–H and O–H groups in total. The van der Waals surface area contributed by atoms with E-state index in [9.17, 15) is 4.79 Å². The molecule has 3 nitrogen and oxygen atoms in total. The third kappa shape index (κ3) is 4.49. The fourth-order valence-corrected chi connectivity index (χ4v) is 1.99. The Labute approximate surface area is 110 Å². The van der Waals surface area contributed by atoms with Crippen molar-refractivity contribution in [1.29, 1.82) is 0 Å². The minimum absolute atomic E-state index is 0.0324. The van der Waals surface area contributed by atoms with Crippen LogP contribution in [0, 0.1) is 6.92 Å². The summed E-state index contributed by atoms with van der Waals surface area (Å²) >= 11 is 0. The molecule has 0 aromatic heterocycles. The van der Waals surface area contributed by atoms with Crippen molar-refractivity contribution in [3.63, 3.8) is 0 Å². The van der Waals surface area contributed by atoms with E-state index in [4.69, 9.17) is 5.73 Å². The van der Waals surface area contributed by atoms with Gasteiger partial charge in [-0.25, -0.2) is 0 Å². The lowest BCUT2D eigenvalue weighted by Gasteiger charge is -2.21. The molecule has 0 radical (unpaired) electrons. The molecule has 1 amide bonds. The molecule has 0 aliphatic rings. The first-order chi connectivity index (χ1) is 8.54. The van der Waals surface area contributed by atoms with E-state index in [0.717, 1.165) is 24.8 Å². The van der Waals surface area contributed by atoms with E-state index in [2.05, 4.69) is 26.0 Å². The van der Waals surface area contributed by atoms with Crippen molar-refractivity contribution < 1.29 is 4.79 Å².